The molecule has 212 valence electrons. The average Bonchev–Trinajstić information content (AvgIpc) is 2.94. The van der Waals surface area contributed by atoms with Gasteiger partial charge in [0.25, 0.3) is 5.91 Å². The Morgan fingerprint density at radius 2 is 1.32 bits per heavy atom. The molecular formula is C31H55IN4O. The zero-order chi connectivity index (χ0) is 26.4. The molecule has 0 spiro atoms. The van der Waals surface area contributed by atoms with E-state index in [1.54, 1.807) is 6.20 Å². The number of piperazine rings is 1. The van der Waals surface area contributed by atoms with Gasteiger partial charge in [-0.25, -0.2) is 4.98 Å². The van der Waals surface area contributed by atoms with Gasteiger partial charge < -0.3 is 10.2 Å². The molecule has 37 heavy (non-hydrogen) atoms. The third kappa shape index (κ3) is 15.3. The van der Waals surface area contributed by atoms with Crippen molar-refractivity contribution < 1.29 is 4.79 Å². The van der Waals surface area contributed by atoms with Crippen LogP contribution in [0.3, 0.4) is 0 Å². The molecule has 0 bridgehead atoms. The van der Waals surface area contributed by atoms with Gasteiger partial charge in [-0.1, -0.05) is 119 Å². The fourth-order valence-electron chi connectivity index (χ4n) is 5.11. The number of hydrogen-bond donors (Lipinski definition) is 1. The molecule has 2 heterocycles. The number of alkyl halides is 1. The number of pyridine rings is 1. The van der Waals surface area contributed by atoms with Gasteiger partial charge in [-0.05, 0) is 42.4 Å². The van der Waals surface area contributed by atoms with Gasteiger partial charge in [0.05, 0.1) is 5.56 Å². The van der Waals surface area contributed by atoms with E-state index in [9.17, 15) is 4.79 Å². The SMILES string of the molecule is CCCCN1CCN(c2ccc(C(=O)NCCCCCCCCCCCCCCCCCI)cn2)CC1. The van der Waals surface area contributed by atoms with E-state index in [2.05, 4.69) is 49.6 Å². The number of carbonyl (C=O) groups is 1. The Morgan fingerprint density at radius 3 is 1.81 bits per heavy atom. The summed E-state index contributed by atoms with van der Waals surface area (Å²) in [7, 11) is 0. The molecular weight excluding hydrogens is 571 g/mol. The second-order valence-corrected chi connectivity index (χ2v) is 11.9. The minimum Gasteiger partial charge on any atom is -0.354 e. The third-order valence-electron chi connectivity index (χ3n) is 7.63. The highest BCUT2D eigenvalue weighted by atomic mass is 127. The number of halogens is 1. The van der Waals surface area contributed by atoms with E-state index in [1.165, 1.54) is 114 Å². The highest BCUT2D eigenvalue weighted by Crippen LogP contribution is 2.15. The van der Waals surface area contributed by atoms with Crippen molar-refractivity contribution in [2.45, 2.75) is 116 Å². The van der Waals surface area contributed by atoms with E-state index in [0.717, 1.165) is 45.0 Å². The maximum atomic E-state index is 12.5. The molecule has 1 amide bonds. The van der Waals surface area contributed by atoms with Crippen LogP contribution in [0.5, 0.6) is 0 Å². The van der Waals surface area contributed by atoms with Crippen molar-refractivity contribution in [3.63, 3.8) is 0 Å². The molecule has 0 aromatic carbocycles. The van der Waals surface area contributed by atoms with E-state index < -0.39 is 0 Å². The Morgan fingerprint density at radius 1 is 0.784 bits per heavy atom. The lowest BCUT2D eigenvalue weighted by molar-refractivity contribution is 0.0952. The van der Waals surface area contributed by atoms with Crippen LogP contribution in [0.15, 0.2) is 18.3 Å². The quantitative estimate of drug-likeness (QED) is 0.0805. The number of aromatic nitrogens is 1. The second-order valence-electron chi connectivity index (χ2n) is 10.8. The van der Waals surface area contributed by atoms with E-state index in [0.29, 0.717) is 5.56 Å². The summed E-state index contributed by atoms with van der Waals surface area (Å²) in [6, 6.07) is 3.93. The molecule has 0 unspecified atom stereocenters. The Balaban J connectivity index is 1.41. The van der Waals surface area contributed by atoms with E-state index in [-0.39, 0.29) is 5.91 Å². The smallest absolute Gasteiger partial charge is 0.252 e. The van der Waals surface area contributed by atoms with Crippen LogP contribution in [0, 0.1) is 0 Å². The number of hydrogen-bond acceptors (Lipinski definition) is 4. The predicted octanol–water partition coefficient (Wildman–Crippen LogP) is 8.02. The van der Waals surface area contributed by atoms with E-state index >= 15 is 0 Å². The molecule has 0 saturated carbocycles. The lowest BCUT2D eigenvalue weighted by Gasteiger charge is -2.35. The number of nitrogens with zero attached hydrogens (tertiary/aromatic N) is 3. The lowest BCUT2D eigenvalue weighted by Crippen LogP contribution is -2.46. The summed E-state index contributed by atoms with van der Waals surface area (Å²) in [5, 5.41) is 3.07. The zero-order valence-corrected chi connectivity index (χ0v) is 26.0. The minimum atomic E-state index is 0.00377. The number of nitrogens with one attached hydrogen (secondary N) is 1. The molecule has 1 aromatic rings. The monoisotopic (exact) mass is 626 g/mol. The maximum absolute atomic E-state index is 12.5. The van der Waals surface area contributed by atoms with Crippen LogP contribution in [0.25, 0.3) is 0 Å². The van der Waals surface area contributed by atoms with Crippen molar-refractivity contribution in [2.24, 2.45) is 0 Å². The van der Waals surface area contributed by atoms with Crippen LogP contribution >= 0.6 is 22.6 Å². The van der Waals surface area contributed by atoms with E-state index in [1.807, 2.05) is 12.1 Å². The van der Waals surface area contributed by atoms with Gasteiger partial charge in [-0.3, -0.25) is 9.69 Å². The summed E-state index contributed by atoms with van der Waals surface area (Å²) in [6.45, 7) is 8.45. The van der Waals surface area contributed by atoms with Crippen molar-refractivity contribution in [1.82, 2.24) is 15.2 Å². The number of carbonyl (C=O) groups excluding carboxylic acids is 1. The number of unbranched alkanes of at least 4 members (excludes halogenated alkanes) is 15. The summed E-state index contributed by atoms with van der Waals surface area (Å²) < 4.78 is 1.32. The number of amides is 1. The van der Waals surface area contributed by atoms with Gasteiger partial charge in [0, 0.05) is 38.9 Å². The highest BCUT2D eigenvalue weighted by molar-refractivity contribution is 14.1. The highest BCUT2D eigenvalue weighted by Gasteiger charge is 2.17. The Bertz CT molecular complexity index is 676. The summed E-state index contributed by atoms with van der Waals surface area (Å²) >= 11 is 2.48. The van der Waals surface area contributed by atoms with Crippen LogP contribution in [0.1, 0.15) is 126 Å². The largest absolute Gasteiger partial charge is 0.354 e. The molecule has 1 N–H and O–H groups in total. The lowest BCUT2D eigenvalue weighted by atomic mass is 10.0. The Kier molecular flexibility index (Phi) is 19.2. The summed E-state index contributed by atoms with van der Waals surface area (Å²) in [6.07, 6.45) is 24.8. The van der Waals surface area contributed by atoms with Gasteiger partial charge in [-0.15, -0.1) is 0 Å². The molecule has 5 nitrogen and oxygen atoms in total. The zero-order valence-electron chi connectivity index (χ0n) is 23.8. The van der Waals surface area contributed by atoms with Crippen molar-refractivity contribution in [3.8, 4) is 0 Å². The van der Waals surface area contributed by atoms with Crippen molar-refractivity contribution in [2.75, 3.05) is 48.6 Å². The Hall–Kier alpha value is -0.890. The first-order valence-electron chi connectivity index (χ1n) is 15.5. The van der Waals surface area contributed by atoms with Gasteiger partial charge in [0.1, 0.15) is 5.82 Å². The first kappa shape index (κ1) is 32.3. The predicted molar refractivity (Wildman–Crippen MR) is 168 cm³/mol. The average molecular weight is 627 g/mol. The van der Waals surface area contributed by atoms with Crippen LogP contribution in [0.4, 0.5) is 5.82 Å². The fourth-order valence-corrected chi connectivity index (χ4v) is 5.65. The molecule has 1 aromatic heterocycles. The molecule has 2 rings (SSSR count). The molecule has 1 aliphatic heterocycles. The van der Waals surface area contributed by atoms with Gasteiger partial charge >= 0.3 is 0 Å². The van der Waals surface area contributed by atoms with Crippen LogP contribution in [0.2, 0.25) is 0 Å². The van der Waals surface area contributed by atoms with Crippen LogP contribution < -0.4 is 10.2 Å². The van der Waals surface area contributed by atoms with E-state index in [4.69, 9.17) is 0 Å². The van der Waals surface area contributed by atoms with Crippen LogP contribution in [-0.2, 0) is 0 Å². The Labute approximate surface area is 242 Å². The molecule has 1 aliphatic rings. The molecule has 0 atom stereocenters. The number of rotatable bonds is 22. The second kappa shape index (κ2) is 22.0. The van der Waals surface area contributed by atoms with Crippen molar-refractivity contribution in [1.29, 1.82) is 0 Å². The van der Waals surface area contributed by atoms with Gasteiger partial charge in [-0.2, -0.15) is 0 Å². The molecule has 1 fully saturated rings. The standard InChI is InChI=1S/C31H55IN4O/c1-2-3-23-35-24-26-36(27-25-35)30-20-19-29(28-34-30)31(37)33-22-18-16-14-12-10-8-6-4-5-7-9-11-13-15-17-21-32/h19-20,28H,2-18,21-27H2,1H3,(H,33,37). The summed E-state index contributed by atoms with van der Waals surface area (Å²) in [5.41, 5.74) is 0.668. The summed E-state index contributed by atoms with van der Waals surface area (Å²) in [4.78, 5) is 21.9. The minimum absolute atomic E-state index is 0.00377. The summed E-state index contributed by atoms with van der Waals surface area (Å²) in [5.74, 6) is 0.994. The van der Waals surface area contributed by atoms with Crippen LogP contribution in [-0.4, -0.2) is 59.5 Å². The molecule has 0 radical (unpaired) electrons. The molecule has 1 saturated heterocycles. The first-order chi connectivity index (χ1) is 18.2. The van der Waals surface area contributed by atoms with Crippen molar-refractivity contribution >= 4 is 34.3 Å². The first-order valence-corrected chi connectivity index (χ1v) is 17.0. The number of anilines is 1. The fraction of sp³-hybridized carbons (Fsp3) is 0.806. The third-order valence-corrected chi connectivity index (χ3v) is 8.39. The van der Waals surface area contributed by atoms with Gasteiger partial charge in [0.15, 0.2) is 0 Å². The normalized spacial score (nSPS) is 14.3. The van der Waals surface area contributed by atoms with Gasteiger partial charge in [0.2, 0.25) is 0 Å². The molecule has 6 heteroatoms. The maximum Gasteiger partial charge on any atom is 0.252 e. The molecule has 0 aliphatic carbocycles. The van der Waals surface area contributed by atoms with Crippen molar-refractivity contribution in [3.05, 3.63) is 23.9 Å². The topological polar surface area (TPSA) is 48.5 Å².